The number of aromatic hydroxyl groups is 2. The zero-order valence-corrected chi connectivity index (χ0v) is 42.4. The number of hydrogen-bond donors (Lipinski definition) is 7. The number of aryl methyl sites for hydroxylation is 1. The van der Waals surface area contributed by atoms with Gasteiger partial charge in [-0.2, -0.15) is 0 Å². The molecule has 3 rings (SSSR count). The number of nitrogens with zero attached hydrogens (tertiary/aromatic N) is 2. The van der Waals surface area contributed by atoms with Crippen molar-refractivity contribution < 1.29 is 59.1 Å². The lowest BCUT2D eigenvalue weighted by Gasteiger charge is -2.30. The summed E-state index contributed by atoms with van der Waals surface area (Å²) in [6.07, 6.45) is 14.1. The van der Waals surface area contributed by atoms with Crippen LogP contribution in [0.3, 0.4) is 0 Å². The Morgan fingerprint density at radius 1 is 0.757 bits per heavy atom. The average molecular weight is 979 g/mol. The van der Waals surface area contributed by atoms with E-state index >= 15 is 0 Å². The number of carbonyl (C=O) groups is 7. The van der Waals surface area contributed by atoms with Crippen molar-refractivity contribution >= 4 is 41.0 Å². The number of aliphatic hydroxyl groups is 3. The van der Waals surface area contributed by atoms with E-state index in [-0.39, 0.29) is 84.8 Å². The number of fused-ring (bicyclic) bond motifs is 5. The van der Waals surface area contributed by atoms with Crippen LogP contribution in [-0.2, 0) is 40.0 Å². The van der Waals surface area contributed by atoms with Gasteiger partial charge in [-0.05, 0) is 74.4 Å². The second-order valence-electron chi connectivity index (χ2n) is 19.3. The van der Waals surface area contributed by atoms with Gasteiger partial charge < -0.3 is 46.0 Å². The molecule has 1 aliphatic heterocycles. The zero-order chi connectivity index (χ0) is 51.8. The van der Waals surface area contributed by atoms with Crippen molar-refractivity contribution in [1.29, 1.82) is 0 Å². The molecule has 0 aromatic heterocycles. The Labute approximate surface area is 415 Å². The van der Waals surface area contributed by atoms with E-state index in [9.17, 15) is 59.1 Å². The molecule has 2 aromatic carbocycles. The fraction of sp³-hybridized carbons (Fsp3) is 0.648. The normalized spacial score (nSPS) is 17.7. The van der Waals surface area contributed by atoms with Crippen LogP contribution in [0.25, 0.3) is 11.1 Å². The van der Waals surface area contributed by atoms with E-state index < -0.39 is 78.7 Å². The first-order valence-electron chi connectivity index (χ1n) is 25.7. The van der Waals surface area contributed by atoms with E-state index in [1.807, 2.05) is 0 Å². The van der Waals surface area contributed by atoms with Crippen molar-refractivity contribution in [1.82, 2.24) is 20.4 Å². The molecule has 0 saturated heterocycles. The summed E-state index contributed by atoms with van der Waals surface area (Å²) in [5.41, 5.74) is 1.43. The third kappa shape index (κ3) is 19.2. The van der Waals surface area contributed by atoms with Crippen molar-refractivity contribution in [2.45, 2.75) is 192 Å². The number of benzene rings is 2. The minimum absolute atomic E-state index is 0.0109. The third-order valence-corrected chi connectivity index (χ3v) is 13.6. The molecule has 1 aliphatic rings. The molecule has 0 radical (unpaired) electrons. The minimum Gasteiger partial charge on any atom is -0.507 e. The Bertz CT molecular complexity index is 2030. The lowest BCUT2D eigenvalue weighted by atomic mass is 9.89. The predicted molar refractivity (Wildman–Crippen MR) is 268 cm³/mol. The quantitative estimate of drug-likeness (QED) is 0.0449. The van der Waals surface area contributed by atoms with Crippen molar-refractivity contribution in [3.05, 3.63) is 47.5 Å². The van der Waals surface area contributed by atoms with Crippen LogP contribution in [0, 0.1) is 5.92 Å². The molecule has 0 fully saturated rings. The van der Waals surface area contributed by atoms with Crippen molar-refractivity contribution in [3.8, 4) is 22.6 Å². The molecule has 6 atom stereocenters. The Kier molecular flexibility index (Phi) is 26.4. The van der Waals surface area contributed by atoms with Crippen molar-refractivity contribution in [2.24, 2.45) is 5.92 Å². The molecule has 4 bridgehead atoms. The van der Waals surface area contributed by atoms with E-state index in [0.29, 0.717) is 19.3 Å². The molecule has 1 unspecified atom stereocenters. The Balaban J connectivity index is 1.67. The lowest BCUT2D eigenvalue weighted by Crippen LogP contribution is -2.53. The fourth-order valence-corrected chi connectivity index (χ4v) is 8.92. The molecule has 390 valence electrons. The highest BCUT2D eigenvalue weighted by atomic mass is 16.3. The molecule has 0 saturated carbocycles. The van der Waals surface area contributed by atoms with Gasteiger partial charge in [0.2, 0.25) is 23.6 Å². The van der Waals surface area contributed by atoms with Crippen molar-refractivity contribution in [2.75, 3.05) is 27.3 Å². The number of unbranched alkanes of at least 4 members (excludes halogenated alkanes) is 12. The largest absolute Gasteiger partial charge is 0.507 e. The van der Waals surface area contributed by atoms with Crippen LogP contribution in [0.15, 0.2) is 36.4 Å². The maximum atomic E-state index is 14.3. The highest BCUT2D eigenvalue weighted by Crippen LogP contribution is 2.39. The third-order valence-electron chi connectivity index (χ3n) is 13.6. The number of nitrogens with one attached hydrogen (secondary N) is 2. The number of aliphatic hydroxyl groups excluding tert-OH is 3. The Hall–Kier alpha value is -5.19. The first-order valence-corrected chi connectivity index (χ1v) is 25.7. The lowest BCUT2D eigenvalue weighted by molar-refractivity contribution is -0.142. The number of carbonyl (C=O) groups excluding carboxylic acids is 7. The first-order chi connectivity index (χ1) is 33.4. The molecular formula is C54H82N4O12. The van der Waals surface area contributed by atoms with Crippen LogP contribution in [0.4, 0.5) is 0 Å². The number of ketones is 3. The van der Waals surface area contributed by atoms with Gasteiger partial charge in [0.15, 0.2) is 17.3 Å². The molecule has 16 nitrogen and oxygen atoms in total. The molecule has 0 spiro atoms. The zero-order valence-electron chi connectivity index (χ0n) is 42.4. The van der Waals surface area contributed by atoms with Gasteiger partial charge in [0.05, 0.1) is 31.4 Å². The second kappa shape index (κ2) is 31.2. The highest BCUT2D eigenvalue weighted by Gasteiger charge is 2.34. The van der Waals surface area contributed by atoms with Gasteiger partial charge in [-0.25, -0.2) is 0 Å². The average Bonchev–Trinajstić information content (AvgIpc) is 3.33. The topological polar surface area (TPSA) is 251 Å². The number of likely N-dealkylation sites (N-methyl/N-ethyl adjacent to an activating group) is 2. The van der Waals surface area contributed by atoms with Gasteiger partial charge >= 0.3 is 0 Å². The van der Waals surface area contributed by atoms with Crippen LogP contribution >= 0.6 is 0 Å². The number of amides is 4. The van der Waals surface area contributed by atoms with Crippen molar-refractivity contribution in [3.63, 3.8) is 0 Å². The molecule has 70 heavy (non-hydrogen) atoms. The smallest absolute Gasteiger partial charge is 0.245 e. The maximum absolute atomic E-state index is 14.3. The number of hydrogen-bond acceptors (Lipinski definition) is 12. The predicted octanol–water partition coefficient (Wildman–Crippen LogP) is 6.54. The summed E-state index contributed by atoms with van der Waals surface area (Å²) in [5.74, 6) is -5.00. The Morgan fingerprint density at radius 2 is 1.34 bits per heavy atom. The van der Waals surface area contributed by atoms with E-state index in [0.717, 1.165) is 29.7 Å². The summed E-state index contributed by atoms with van der Waals surface area (Å²) in [6, 6.07) is 4.51. The number of phenols is 2. The van der Waals surface area contributed by atoms with E-state index in [2.05, 4.69) is 17.6 Å². The molecule has 16 heteroatoms. The van der Waals surface area contributed by atoms with Crippen LogP contribution in [0.1, 0.15) is 173 Å². The molecule has 1 heterocycles. The molecule has 0 aliphatic carbocycles. The SMILES string of the molecule is CCCCCCCCCCCCCCCC(=O)N(C)[C@H](CO)C(=O)N[C@H](C)C(=O)CCC(=O)N(C)[C@@H]1C(=O)C[C@@H](C)C(=O)N[C@H](C(=O)CCC(O)CO)CCCc2ccc(O)c(c2)-c2cc1ccc2O. The van der Waals surface area contributed by atoms with Gasteiger partial charge in [0.1, 0.15) is 23.6 Å². The van der Waals surface area contributed by atoms with Crippen LogP contribution < -0.4 is 10.6 Å². The van der Waals surface area contributed by atoms with Gasteiger partial charge in [-0.3, -0.25) is 33.6 Å². The summed E-state index contributed by atoms with van der Waals surface area (Å²) < 4.78 is 0. The summed E-state index contributed by atoms with van der Waals surface area (Å²) >= 11 is 0. The monoisotopic (exact) mass is 979 g/mol. The summed E-state index contributed by atoms with van der Waals surface area (Å²) in [5, 5.41) is 56.6. The van der Waals surface area contributed by atoms with Gasteiger partial charge in [0.25, 0.3) is 0 Å². The Morgan fingerprint density at radius 3 is 1.94 bits per heavy atom. The maximum Gasteiger partial charge on any atom is 0.245 e. The molecular weight excluding hydrogens is 897 g/mol. The summed E-state index contributed by atoms with van der Waals surface area (Å²) in [6.45, 7) is 3.99. The highest BCUT2D eigenvalue weighted by molar-refractivity contribution is 5.97. The van der Waals surface area contributed by atoms with E-state index in [1.165, 1.54) is 115 Å². The molecule has 4 amide bonds. The second-order valence-corrected chi connectivity index (χ2v) is 19.3. The first kappa shape index (κ1) is 59.1. The van der Waals surface area contributed by atoms with E-state index in [1.54, 1.807) is 12.1 Å². The van der Waals surface area contributed by atoms with E-state index in [4.69, 9.17) is 0 Å². The van der Waals surface area contributed by atoms with Gasteiger partial charge in [-0.15, -0.1) is 0 Å². The summed E-state index contributed by atoms with van der Waals surface area (Å²) in [7, 11) is 2.82. The standard InChI is InChI=1S/C54H82N4O12/c1-6-7-8-9-10-11-12-13-14-15-16-17-18-22-50(67)57(4)44(35-60)54(70)55-37(3)45(62)29-30-51(68)58(5)52-39-24-27-47(64)42(33-39)41-32-38(23-26-46(41)63)20-19-21-43(48(65)28-25-40(61)34-59)56-53(69)36(2)31-49(52)66/h23-24,26-27,32-33,36-37,40,43-44,52,59-61,63-64H,6-22,25,28-31,34-35H2,1-5H3,(H,55,70)(H,56,69)/t36-,37-,40?,43+,44-,52+/m1/s1. The molecule has 2 aromatic rings. The fourth-order valence-electron chi connectivity index (χ4n) is 8.92. The van der Waals surface area contributed by atoms with Gasteiger partial charge in [0, 0.05) is 63.2 Å². The molecule has 7 N–H and O–H groups in total. The number of Topliss-reactive ketones (excluding diaryl/α,β-unsaturated/α-hetero) is 3. The van der Waals surface area contributed by atoms with Crippen LogP contribution in [0.5, 0.6) is 11.5 Å². The number of phenolic OH excluding ortho intramolecular Hbond substituents is 2. The van der Waals surface area contributed by atoms with Crippen LogP contribution in [0.2, 0.25) is 0 Å². The summed E-state index contributed by atoms with van der Waals surface area (Å²) in [4.78, 5) is 97.2. The van der Waals surface area contributed by atoms with Crippen LogP contribution in [-0.4, -0.2) is 128 Å². The minimum atomic E-state index is -1.33. The van der Waals surface area contributed by atoms with Gasteiger partial charge in [-0.1, -0.05) is 103 Å². The number of rotatable bonds is 28.